The van der Waals surface area contributed by atoms with Crippen LogP contribution in [0.3, 0.4) is 0 Å². The molecular formula is C16H25ClN2O3. The van der Waals surface area contributed by atoms with E-state index in [-0.39, 0.29) is 18.3 Å². The number of carbonyl (C=O) groups is 1. The molecule has 1 saturated heterocycles. The first kappa shape index (κ1) is 18.7. The number of likely N-dealkylation sites (N-methyl/N-ethyl adjacent to an activating group) is 1. The second-order valence-corrected chi connectivity index (χ2v) is 5.46. The molecule has 124 valence electrons. The van der Waals surface area contributed by atoms with Crippen molar-refractivity contribution >= 4 is 18.3 Å². The fourth-order valence-corrected chi connectivity index (χ4v) is 2.80. The van der Waals surface area contributed by atoms with E-state index in [2.05, 4.69) is 5.32 Å². The van der Waals surface area contributed by atoms with Gasteiger partial charge >= 0.3 is 0 Å². The van der Waals surface area contributed by atoms with Gasteiger partial charge in [0.1, 0.15) is 11.4 Å². The van der Waals surface area contributed by atoms with Crippen LogP contribution in [0.5, 0.6) is 5.75 Å². The minimum absolute atomic E-state index is 0. The predicted octanol–water partition coefficient (Wildman–Crippen LogP) is 1.84. The molecule has 0 bridgehead atoms. The Morgan fingerprint density at radius 1 is 1.32 bits per heavy atom. The topological polar surface area (TPSA) is 50.8 Å². The first-order valence-corrected chi connectivity index (χ1v) is 7.26. The van der Waals surface area contributed by atoms with Gasteiger partial charge in [-0.1, -0.05) is 12.1 Å². The van der Waals surface area contributed by atoms with Crippen molar-refractivity contribution in [2.75, 3.05) is 34.4 Å². The third-order valence-electron chi connectivity index (χ3n) is 4.09. The Morgan fingerprint density at radius 2 is 2.00 bits per heavy atom. The minimum atomic E-state index is -0.682. The molecule has 0 aromatic heterocycles. The molecule has 0 unspecified atom stereocenters. The maximum Gasteiger partial charge on any atom is 0.254 e. The average Bonchev–Trinajstić information content (AvgIpc) is 2.54. The first-order chi connectivity index (χ1) is 10.1. The molecule has 1 fully saturated rings. The highest BCUT2D eigenvalue weighted by Gasteiger charge is 2.41. The number of carbonyl (C=O) groups excluding carboxylic acids is 1. The summed E-state index contributed by atoms with van der Waals surface area (Å²) in [6.07, 6.45) is 1.43. The van der Waals surface area contributed by atoms with Crippen molar-refractivity contribution in [3.8, 4) is 5.75 Å². The summed E-state index contributed by atoms with van der Waals surface area (Å²) < 4.78 is 10.8. The molecule has 22 heavy (non-hydrogen) atoms. The van der Waals surface area contributed by atoms with Crippen molar-refractivity contribution in [1.29, 1.82) is 0 Å². The van der Waals surface area contributed by atoms with Gasteiger partial charge in [-0.05, 0) is 43.6 Å². The lowest BCUT2D eigenvalue weighted by atomic mass is 9.90. The SMILES string of the molecule is COc1cccc(CN(C)C(=O)C2(OC)CCNCC2)c1.Cl. The van der Waals surface area contributed by atoms with Gasteiger partial charge in [0.15, 0.2) is 0 Å². The minimum Gasteiger partial charge on any atom is -0.497 e. The van der Waals surface area contributed by atoms with Gasteiger partial charge in [0.2, 0.25) is 0 Å². The third-order valence-corrected chi connectivity index (χ3v) is 4.09. The number of benzene rings is 1. The summed E-state index contributed by atoms with van der Waals surface area (Å²) in [6, 6.07) is 7.78. The molecule has 0 aliphatic carbocycles. The molecule has 1 N–H and O–H groups in total. The summed E-state index contributed by atoms with van der Waals surface area (Å²) in [5.74, 6) is 0.853. The zero-order chi connectivity index (χ0) is 15.3. The van der Waals surface area contributed by atoms with Gasteiger partial charge in [0.05, 0.1) is 7.11 Å². The van der Waals surface area contributed by atoms with Crippen molar-refractivity contribution in [2.45, 2.75) is 25.0 Å². The number of nitrogens with zero attached hydrogens (tertiary/aromatic N) is 1. The molecule has 0 radical (unpaired) electrons. The summed E-state index contributed by atoms with van der Waals surface area (Å²) in [5, 5.41) is 3.27. The van der Waals surface area contributed by atoms with Crippen LogP contribution >= 0.6 is 12.4 Å². The molecule has 1 aromatic rings. The van der Waals surface area contributed by atoms with E-state index in [1.807, 2.05) is 31.3 Å². The predicted molar refractivity (Wildman–Crippen MR) is 88.6 cm³/mol. The standard InChI is InChI=1S/C16H24N2O3.ClH/c1-18(12-13-5-4-6-14(11-13)20-2)15(19)16(21-3)7-9-17-10-8-16;/h4-6,11,17H,7-10,12H2,1-3H3;1H. The van der Waals surface area contributed by atoms with Crippen molar-refractivity contribution in [2.24, 2.45) is 0 Å². The molecule has 1 aliphatic rings. The number of halogens is 1. The van der Waals surface area contributed by atoms with E-state index in [1.165, 1.54) is 0 Å². The van der Waals surface area contributed by atoms with Crippen LogP contribution < -0.4 is 10.1 Å². The molecule has 6 heteroatoms. The normalized spacial score (nSPS) is 16.5. The quantitative estimate of drug-likeness (QED) is 0.896. The van der Waals surface area contributed by atoms with Gasteiger partial charge in [-0.3, -0.25) is 4.79 Å². The number of nitrogens with one attached hydrogen (secondary N) is 1. The largest absolute Gasteiger partial charge is 0.497 e. The van der Waals surface area contributed by atoms with Gasteiger partial charge in [-0.25, -0.2) is 0 Å². The van der Waals surface area contributed by atoms with E-state index in [1.54, 1.807) is 19.1 Å². The van der Waals surface area contributed by atoms with Gasteiger partial charge in [0.25, 0.3) is 5.91 Å². The van der Waals surface area contributed by atoms with E-state index in [0.29, 0.717) is 19.4 Å². The zero-order valence-electron chi connectivity index (χ0n) is 13.4. The summed E-state index contributed by atoms with van der Waals surface area (Å²) in [5.41, 5.74) is 0.365. The number of methoxy groups -OCH3 is 2. The lowest BCUT2D eigenvalue weighted by molar-refractivity contribution is -0.157. The second kappa shape index (κ2) is 8.36. The molecule has 2 rings (SSSR count). The van der Waals surface area contributed by atoms with Crippen LogP contribution in [0.1, 0.15) is 18.4 Å². The number of ether oxygens (including phenoxy) is 2. The van der Waals surface area contributed by atoms with E-state index in [0.717, 1.165) is 24.4 Å². The molecule has 0 saturated carbocycles. The zero-order valence-corrected chi connectivity index (χ0v) is 14.2. The van der Waals surface area contributed by atoms with E-state index < -0.39 is 5.60 Å². The highest BCUT2D eigenvalue weighted by Crippen LogP contribution is 2.25. The number of hydrogen-bond donors (Lipinski definition) is 1. The number of hydrogen-bond acceptors (Lipinski definition) is 4. The monoisotopic (exact) mass is 328 g/mol. The smallest absolute Gasteiger partial charge is 0.254 e. The molecule has 1 amide bonds. The average molecular weight is 329 g/mol. The second-order valence-electron chi connectivity index (χ2n) is 5.46. The fraction of sp³-hybridized carbons (Fsp3) is 0.562. The van der Waals surface area contributed by atoms with Crippen LogP contribution in [0.4, 0.5) is 0 Å². The molecule has 0 atom stereocenters. The number of rotatable bonds is 5. The lowest BCUT2D eigenvalue weighted by Gasteiger charge is -2.37. The maximum atomic E-state index is 12.8. The number of piperidine rings is 1. The van der Waals surface area contributed by atoms with Gasteiger partial charge in [0, 0.05) is 20.7 Å². The van der Waals surface area contributed by atoms with Gasteiger partial charge in [-0.15, -0.1) is 12.4 Å². The molecule has 0 spiro atoms. The van der Waals surface area contributed by atoms with Crippen molar-refractivity contribution in [3.05, 3.63) is 29.8 Å². The highest BCUT2D eigenvalue weighted by molar-refractivity contribution is 5.85. The van der Waals surface area contributed by atoms with Crippen LogP contribution in [-0.2, 0) is 16.1 Å². The Hall–Kier alpha value is -1.30. The summed E-state index contributed by atoms with van der Waals surface area (Å²) >= 11 is 0. The Bertz CT molecular complexity index is 490. The fourth-order valence-electron chi connectivity index (χ4n) is 2.80. The third kappa shape index (κ3) is 4.12. The number of amides is 1. The molecule has 1 aliphatic heterocycles. The van der Waals surface area contributed by atoms with E-state index >= 15 is 0 Å². The van der Waals surface area contributed by atoms with Crippen LogP contribution in [-0.4, -0.2) is 50.8 Å². The summed E-state index contributed by atoms with van der Waals surface area (Å²) in [4.78, 5) is 14.5. The lowest BCUT2D eigenvalue weighted by Crippen LogP contribution is -2.54. The van der Waals surface area contributed by atoms with Crippen LogP contribution in [0.2, 0.25) is 0 Å². The van der Waals surface area contributed by atoms with Crippen LogP contribution in [0.15, 0.2) is 24.3 Å². The Labute approximate surface area is 138 Å². The summed E-state index contributed by atoms with van der Waals surface area (Å²) in [6.45, 7) is 2.17. The van der Waals surface area contributed by atoms with E-state index in [9.17, 15) is 4.79 Å². The van der Waals surface area contributed by atoms with Crippen molar-refractivity contribution in [3.63, 3.8) is 0 Å². The molecular weight excluding hydrogens is 304 g/mol. The van der Waals surface area contributed by atoms with Crippen LogP contribution in [0.25, 0.3) is 0 Å². The van der Waals surface area contributed by atoms with Crippen molar-refractivity contribution < 1.29 is 14.3 Å². The Balaban J connectivity index is 0.00000242. The van der Waals surface area contributed by atoms with Gasteiger partial charge < -0.3 is 19.7 Å². The Morgan fingerprint density at radius 3 is 2.59 bits per heavy atom. The Kier molecular flexibility index (Phi) is 7.13. The van der Waals surface area contributed by atoms with Crippen molar-refractivity contribution in [1.82, 2.24) is 10.2 Å². The molecule has 1 heterocycles. The molecule has 1 aromatic carbocycles. The van der Waals surface area contributed by atoms with E-state index in [4.69, 9.17) is 9.47 Å². The maximum absolute atomic E-state index is 12.8. The van der Waals surface area contributed by atoms with Gasteiger partial charge in [-0.2, -0.15) is 0 Å². The molecule has 5 nitrogen and oxygen atoms in total. The first-order valence-electron chi connectivity index (χ1n) is 7.26. The summed E-state index contributed by atoms with van der Waals surface area (Å²) in [7, 11) is 5.09. The van der Waals surface area contributed by atoms with Crippen LogP contribution in [0, 0.1) is 0 Å². The highest BCUT2D eigenvalue weighted by atomic mass is 35.5.